The molecule has 0 amide bonds. The number of nitrogens with two attached hydrogens (primary N) is 1. The Bertz CT molecular complexity index is 379. The van der Waals surface area contributed by atoms with Crippen molar-refractivity contribution in [2.75, 3.05) is 13.6 Å². The molecule has 96 valence electrons. The zero-order valence-corrected chi connectivity index (χ0v) is 12.1. The predicted molar refractivity (Wildman–Crippen MR) is 76.9 cm³/mol. The number of aliphatic hydroxyl groups is 1. The Morgan fingerprint density at radius 1 is 1.47 bits per heavy atom. The van der Waals surface area contributed by atoms with Gasteiger partial charge in [0, 0.05) is 7.05 Å². The van der Waals surface area contributed by atoms with E-state index >= 15 is 0 Å². The van der Waals surface area contributed by atoms with Crippen LogP contribution in [0.4, 0.5) is 4.39 Å². The monoisotopic (exact) mass is 353 g/mol. The van der Waals surface area contributed by atoms with Gasteiger partial charge in [0.2, 0.25) is 0 Å². The molecular formula is C11H17FIN3O. The standard InChI is InChI=1S/C11H16FN3O.HI/c1-11(16,7-15-10(13)14-2)8-3-5-9(12)6-4-8;/h3-6,16H,7H2,1-2H3,(H3,13,14,15);1H. The van der Waals surface area contributed by atoms with Gasteiger partial charge in [-0.2, -0.15) is 0 Å². The van der Waals surface area contributed by atoms with Crippen molar-refractivity contribution in [1.82, 2.24) is 5.32 Å². The third-order valence-corrected chi connectivity index (χ3v) is 2.32. The molecule has 0 aliphatic rings. The third kappa shape index (κ3) is 4.86. The summed E-state index contributed by atoms with van der Waals surface area (Å²) < 4.78 is 12.7. The second-order valence-electron chi connectivity index (χ2n) is 3.74. The molecule has 6 heteroatoms. The van der Waals surface area contributed by atoms with Crippen molar-refractivity contribution in [3.63, 3.8) is 0 Å². The Hall–Kier alpha value is -0.890. The van der Waals surface area contributed by atoms with Crippen LogP contribution in [0.3, 0.4) is 0 Å². The lowest BCUT2D eigenvalue weighted by molar-refractivity contribution is 0.0618. The fraction of sp³-hybridized carbons (Fsp3) is 0.364. The van der Waals surface area contributed by atoms with Gasteiger partial charge in [-0.1, -0.05) is 12.1 Å². The second-order valence-corrected chi connectivity index (χ2v) is 3.74. The Morgan fingerprint density at radius 2 is 2.00 bits per heavy atom. The van der Waals surface area contributed by atoms with E-state index in [1.807, 2.05) is 0 Å². The Kier molecular flexibility index (Phi) is 6.40. The van der Waals surface area contributed by atoms with Crippen LogP contribution in [0.1, 0.15) is 12.5 Å². The summed E-state index contributed by atoms with van der Waals surface area (Å²) in [5.41, 5.74) is 4.94. The number of halogens is 2. The van der Waals surface area contributed by atoms with Crippen LogP contribution in [0.15, 0.2) is 29.3 Å². The van der Waals surface area contributed by atoms with Gasteiger partial charge < -0.3 is 16.2 Å². The lowest BCUT2D eigenvalue weighted by Crippen LogP contribution is -2.41. The molecule has 0 heterocycles. The van der Waals surface area contributed by atoms with Crippen molar-refractivity contribution in [1.29, 1.82) is 0 Å². The molecule has 1 aromatic carbocycles. The summed E-state index contributed by atoms with van der Waals surface area (Å²) in [5.74, 6) is -0.0791. The molecule has 0 saturated carbocycles. The van der Waals surface area contributed by atoms with Crippen LogP contribution in [-0.4, -0.2) is 24.7 Å². The summed E-state index contributed by atoms with van der Waals surface area (Å²) in [4.78, 5) is 3.71. The highest BCUT2D eigenvalue weighted by Gasteiger charge is 2.22. The van der Waals surface area contributed by atoms with Gasteiger partial charge in [0.1, 0.15) is 11.4 Å². The van der Waals surface area contributed by atoms with E-state index in [-0.39, 0.29) is 42.3 Å². The van der Waals surface area contributed by atoms with E-state index in [1.165, 1.54) is 24.3 Å². The van der Waals surface area contributed by atoms with E-state index in [2.05, 4.69) is 10.3 Å². The molecule has 1 atom stereocenters. The van der Waals surface area contributed by atoms with Crippen LogP contribution in [0.5, 0.6) is 0 Å². The number of rotatable bonds is 3. The molecule has 4 nitrogen and oxygen atoms in total. The van der Waals surface area contributed by atoms with Crippen molar-refractivity contribution >= 4 is 29.9 Å². The first-order valence-electron chi connectivity index (χ1n) is 4.90. The van der Waals surface area contributed by atoms with E-state index in [0.29, 0.717) is 5.56 Å². The molecule has 1 unspecified atom stereocenters. The summed E-state index contributed by atoms with van der Waals surface area (Å²) in [6.45, 7) is 1.83. The number of nitrogens with zero attached hydrogens (tertiary/aromatic N) is 1. The first-order chi connectivity index (χ1) is 7.45. The Labute approximate surface area is 117 Å². The summed E-state index contributed by atoms with van der Waals surface area (Å²) in [7, 11) is 1.55. The molecule has 4 N–H and O–H groups in total. The molecule has 0 aromatic heterocycles. The average Bonchev–Trinajstić information content (AvgIpc) is 2.26. The molecule has 0 radical (unpaired) electrons. The summed E-state index contributed by atoms with van der Waals surface area (Å²) in [6, 6.07) is 5.69. The van der Waals surface area contributed by atoms with Crippen LogP contribution in [0.2, 0.25) is 0 Å². The van der Waals surface area contributed by atoms with Crippen LogP contribution >= 0.6 is 24.0 Å². The molecule has 1 aromatic rings. The SMILES string of the molecule is CN=C(N)NCC(C)(O)c1ccc(F)cc1.I. The zero-order valence-electron chi connectivity index (χ0n) is 9.77. The smallest absolute Gasteiger partial charge is 0.188 e. The fourth-order valence-electron chi connectivity index (χ4n) is 1.25. The highest BCUT2D eigenvalue weighted by molar-refractivity contribution is 14.0. The van der Waals surface area contributed by atoms with E-state index in [9.17, 15) is 9.50 Å². The molecule has 0 spiro atoms. The lowest BCUT2D eigenvalue weighted by Gasteiger charge is -2.24. The van der Waals surface area contributed by atoms with Crippen molar-refractivity contribution in [2.24, 2.45) is 10.7 Å². The first kappa shape index (κ1) is 16.1. The van der Waals surface area contributed by atoms with Crippen LogP contribution < -0.4 is 11.1 Å². The van der Waals surface area contributed by atoms with Gasteiger partial charge in [0.05, 0.1) is 6.54 Å². The number of guanidine groups is 1. The maximum absolute atomic E-state index is 12.7. The van der Waals surface area contributed by atoms with Gasteiger partial charge in [-0.3, -0.25) is 4.99 Å². The zero-order chi connectivity index (χ0) is 12.2. The van der Waals surface area contributed by atoms with Crippen molar-refractivity contribution < 1.29 is 9.50 Å². The molecule has 17 heavy (non-hydrogen) atoms. The first-order valence-corrected chi connectivity index (χ1v) is 4.90. The van der Waals surface area contributed by atoms with Crippen LogP contribution in [-0.2, 0) is 5.60 Å². The number of hydrogen-bond donors (Lipinski definition) is 3. The minimum atomic E-state index is -1.12. The fourth-order valence-corrected chi connectivity index (χ4v) is 1.25. The highest BCUT2D eigenvalue weighted by atomic mass is 127. The maximum atomic E-state index is 12.7. The quantitative estimate of drug-likeness (QED) is 0.434. The largest absolute Gasteiger partial charge is 0.384 e. The lowest BCUT2D eigenvalue weighted by atomic mass is 9.96. The number of hydrogen-bond acceptors (Lipinski definition) is 2. The maximum Gasteiger partial charge on any atom is 0.188 e. The summed E-state index contributed by atoms with van der Waals surface area (Å²) >= 11 is 0. The van der Waals surface area contributed by atoms with Crippen molar-refractivity contribution in [3.8, 4) is 0 Å². The topological polar surface area (TPSA) is 70.6 Å². The number of benzene rings is 1. The minimum Gasteiger partial charge on any atom is -0.384 e. The van der Waals surface area contributed by atoms with Gasteiger partial charge in [-0.05, 0) is 24.6 Å². The number of aliphatic imine (C=N–C) groups is 1. The molecule has 0 aliphatic heterocycles. The summed E-state index contributed by atoms with van der Waals surface area (Å²) in [5, 5.41) is 12.9. The molecule has 0 bridgehead atoms. The summed E-state index contributed by atoms with van der Waals surface area (Å²) in [6.07, 6.45) is 0. The minimum absolute atomic E-state index is 0. The van der Waals surface area contributed by atoms with E-state index < -0.39 is 5.60 Å². The highest BCUT2D eigenvalue weighted by Crippen LogP contribution is 2.19. The normalized spacial score (nSPS) is 14.7. The average molecular weight is 353 g/mol. The van der Waals surface area contributed by atoms with E-state index in [1.54, 1.807) is 14.0 Å². The molecule has 1 rings (SSSR count). The van der Waals surface area contributed by atoms with Gasteiger partial charge in [0.15, 0.2) is 5.96 Å². The predicted octanol–water partition coefficient (Wildman–Crippen LogP) is 1.19. The van der Waals surface area contributed by atoms with Gasteiger partial charge in [0.25, 0.3) is 0 Å². The number of nitrogens with one attached hydrogen (secondary N) is 1. The molecule has 0 fully saturated rings. The molecular weight excluding hydrogens is 336 g/mol. The Morgan fingerprint density at radius 3 is 2.47 bits per heavy atom. The molecule has 0 saturated heterocycles. The van der Waals surface area contributed by atoms with Gasteiger partial charge in [-0.25, -0.2) is 4.39 Å². The third-order valence-electron chi connectivity index (χ3n) is 2.32. The molecule has 0 aliphatic carbocycles. The van der Waals surface area contributed by atoms with Crippen LogP contribution in [0, 0.1) is 5.82 Å². The van der Waals surface area contributed by atoms with E-state index in [4.69, 9.17) is 5.73 Å². The van der Waals surface area contributed by atoms with Crippen LogP contribution in [0.25, 0.3) is 0 Å². The van der Waals surface area contributed by atoms with Gasteiger partial charge in [-0.15, -0.1) is 24.0 Å². The van der Waals surface area contributed by atoms with Gasteiger partial charge >= 0.3 is 0 Å². The second kappa shape index (κ2) is 6.75. The van der Waals surface area contributed by atoms with Crippen molar-refractivity contribution in [3.05, 3.63) is 35.6 Å². The van der Waals surface area contributed by atoms with E-state index in [0.717, 1.165) is 0 Å². The Balaban J connectivity index is 0.00000256. The van der Waals surface area contributed by atoms with Crippen molar-refractivity contribution in [2.45, 2.75) is 12.5 Å².